The maximum atomic E-state index is 10.7. The summed E-state index contributed by atoms with van der Waals surface area (Å²) in [6.45, 7) is 2.00. The summed E-state index contributed by atoms with van der Waals surface area (Å²) in [4.78, 5) is 10.7. The summed E-state index contributed by atoms with van der Waals surface area (Å²) in [7, 11) is 0. The Kier molecular flexibility index (Phi) is 4.24. The predicted molar refractivity (Wildman–Crippen MR) is 66.8 cm³/mol. The molecule has 0 spiro atoms. The second kappa shape index (κ2) is 6.10. The van der Waals surface area contributed by atoms with Crippen LogP contribution in [0.1, 0.15) is 24.5 Å². The third-order valence-electron chi connectivity index (χ3n) is 2.86. The highest BCUT2D eigenvalue weighted by Crippen LogP contribution is 2.35. The number of fused-ring (bicyclic) bond motifs is 1. The highest BCUT2D eigenvalue weighted by Gasteiger charge is 2.16. The van der Waals surface area contributed by atoms with Gasteiger partial charge in [-0.25, -0.2) is 0 Å². The van der Waals surface area contributed by atoms with Crippen LogP contribution in [0.2, 0.25) is 0 Å². The van der Waals surface area contributed by atoms with Crippen molar-refractivity contribution in [3.05, 3.63) is 23.3 Å². The Morgan fingerprint density at radius 3 is 2.68 bits per heavy atom. The molecule has 1 aliphatic heterocycles. The summed E-state index contributed by atoms with van der Waals surface area (Å²) >= 11 is 0. The molecular formula is C14H15NO4. The molecule has 19 heavy (non-hydrogen) atoms. The van der Waals surface area contributed by atoms with E-state index in [0.717, 1.165) is 24.0 Å². The molecule has 0 N–H and O–H groups in total. The lowest BCUT2D eigenvalue weighted by molar-refractivity contribution is -0.141. The Labute approximate surface area is 111 Å². The zero-order chi connectivity index (χ0) is 13.7. The number of carbonyl (C=O) groups is 1. The topological polar surface area (TPSA) is 68.6 Å². The number of ether oxygens (including phenoxy) is 3. The molecule has 0 aliphatic carbocycles. The number of hydrogen-bond donors (Lipinski definition) is 0. The van der Waals surface area contributed by atoms with E-state index in [1.54, 1.807) is 0 Å². The van der Waals surface area contributed by atoms with E-state index in [-0.39, 0.29) is 12.8 Å². The Morgan fingerprint density at radius 2 is 2.05 bits per heavy atom. The van der Waals surface area contributed by atoms with Gasteiger partial charge in [-0.3, -0.25) is 4.79 Å². The van der Waals surface area contributed by atoms with Gasteiger partial charge >= 0.3 is 5.97 Å². The largest absolute Gasteiger partial charge is 0.466 e. The number of esters is 1. The third-order valence-corrected chi connectivity index (χ3v) is 2.86. The molecule has 0 bridgehead atoms. The van der Waals surface area contributed by atoms with Gasteiger partial charge in [-0.15, -0.1) is 0 Å². The molecular weight excluding hydrogens is 246 g/mol. The van der Waals surface area contributed by atoms with Crippen molar-refractivity contribution in [1.82, 2.24) is 0 Å². The van der Waals surface area contributed by atoms with Crippen LogP contribution in [0.15, 0.2) is 12.1 Å². The van der Waals surface area contributed by atoms with Crippen LogP contribution >= 0.6 is 0 Å². The quantitative estimate of drug-likeness (QED) is 0.598. The fraction of sp³-hybridized carbons (Fsp3) is 0.429. The van der Waals surface area contributed by atoms with Crippen LogP contribution in [-0.2, 0) is 22.4 Å². The summed E-state index contributed by atoms with van der Waals surface area (Å²) in [6.07, 6.45) is 1.79. The first-order valence-electron chi connectivity index (χ1n) is 6.12. The van der Waals surface area contributed by atoms with E-state index >= 15 is 0 Å². The smallest absolute Gasteiger partial charge is 0.302 e. The molecule has 0 unspecified atom stereocenters. The number of rotatable bonds is 5. The monoisotopic (exact) mass is 261 g/mol. The van der Waals surface area contributed by atoms with Crippen LogP contribution in [0.25, 0.3) is 0 Å². The van der Waals surface area contributed by atoms with Crippen molar-refractivity contribution in [3.8, 4) is 17.6 Å². The van der Waals surface area contributed by atoms with Crippen LogP contribution in [0.5, 0.6) is 11.5 Å². The standard InChI is InChI=1S/C14H15NO4/c1-10(16)17-6-2-3-11-7-13-14(19-9-18-13)8-12(11)4-5-15/h7-8H,2-4,6,9H2,1H3. The first-order chi connectivity index (χ1) is 9.20. The number of hydrogen-bond acceptors (Lipinski definition) is 5. The lowest BCUT2D eigenvalue weighted by Gasteiger charge is -2.09. The van der Waals surface area contributed by atoms with Gasteiger partial charge in [-0.2, -0.15) is 5.26 Å². The first-order valence-corrected chi connectivity index (χ1v) is 6.12. The van der Waals surface area contributed by atoms with Crippen LogP contribution in [-0.4, -0.2) is 19.4 Å². The van der Waals surface area contributed by atoms with Gasteiger partial charge in [0.25, 0.3) is 0 Å². The van der Waals surface area contributed by atoms with Crippen LogP contribution in [0.3, 0.4) is 0 Å². The SMILES string of the molecule is CC(=O)OCCCc1cc2c(cc1CC#N)OCO2. The van der Waals surface area contributed by atoms with Gasteiger partial charge in [0.05, 0.1) is 19.1 Å². The molecule has 1 aromatic rings. The molecule has 1 aliphatic rings. The number of nitrogens with zero attached hydrogens (tertiary/aromatic N) is 1. The molecule has 0 atom stereocenters. The molecule has 0 saturated heterocycles. The molecule has 0 amide bonds. The second-order valence-electron chi connectivity index (χ2n) is 4.25. The van der Waals surface area contributed by atoms with Gasteiger partial charge in [0, 0.05) is 6.92 Å². The first kappa shape index (κ1) is 13.2. The van der Waals surface area contributed by atoms with Crippen molar-refractivity contribution in [2.24, 2.45) is 0 Å². The molecule has 0 saturated carbocycles. The summed E-state index contributed by atoms with van der Waals surface area (Å²) in [6, 6.07) is 5.90. The molecule has 1 aromatic carbocycles. The van der Waals surface area contributed by atoms with Gasteiger partial charge < -0.3 is 14.2 Å². The normalized spacial score (nSPS) is 12.0. The van der Waals surface area contributed by atoms with Crippen molar-refractivity contribution in [2.75, 3.05) is 13.4 Å². The van der Waals surface area contributed by atoms with Gasteiger partial charge in [0.15, 0.2) is 11.5 Å². The molecule has 5 nitrogen and oxygen atoms in total. The fourth-order valence-electron chi connectivity index (χ4n) is 1.99. The molecule has 5 heteroatoms. The minimum atomic E-state index is -0.275. The lowest BCUT2D eigenvalue weighted by Crippen LogP contribution is -2.03. The van der Waals surface area contributed by atoms with Crippen LogP contribution in [0, 0.1) is 11.3 Å². The number of benzene rings is 1. The average molecular weight is 261 g/mol. The van der Waals surface area contributed by atoms with Gasteiger partial charge in [0.2, 0.25) is 6.79 Å². The number of carbonyl (C=O) groups excluding carboxylic acids is 1. The highest BCUT2D eigenvalue weighted by atomic mass is 16.7. The van der Waals surface area contributed by atoms with E-state index in [1.165, 1.54) is 6.92 Å². The van der Waals surface area contributed by atoms with Crippen molar-refractivity contribution < 1.29 is 19.0 Å². The van der Waals surface area contributed by atoms with E-state index in [9.17, 15) is 4.79 Å². The van der Waals surface area contributed by atoms with Crippen molar-refractivity contribution in [3.63, 3.8) is 0 Å². The summed E-state index contributed by atoms with van der Waals surface area (Å²) in [5.74, 6) is 1.13. The van der Waals surface area contributed by atoms with Crippen LogP contribution in [0.4, 0.5) is 0 Å². The average Bonchev–Trinajstić information content (AvgIpc) is 2.81. The molecule has 0 fully saturated rings. The van der Waals surface area contributed by atoms with E-state index < -0.39 is 0 Å². The summed E-state index contributed by atoms with van der Waals surface area (Å²) in [5.41, 5.74) is 1.98. The Morgan fingerprint density at radius 1 is 1.37 bits per heavy atom. The third kappa shape index (κ3) is 3.38. The molecule has 1 heterocycles. The Bertz CT molecular complexity index is 519. The van der Waals surface area contributed by atoms with E-state index in [2.05, 4.69) is 6.07 Å². The molecule has 0 aromatic heterocycles. The minimum Gasteiger partial charge on any atom is -0.466 e. The van der Waals surface area contributed by atoms with Crippen molar-refractivity contribution in [2.45, 2.75) is 26.2 Å². The van der Waals surface area contributed by atoms with Crippen molar-refractivity contribution in [1.29, 1.82) is 5.26 Å². The maximum absolute atomic E-state index is 10.7. The van der Waals surface area contributed by atoms with Crippen molar-refractivity contribution >= 4 is 5.97 Å². The minimum absolute atomic E-state index is 0.220. The summed E-state index contributed by atoms with van der Waals surface area (Å²) < 4.78 is 15.5. The predicted octanol–water partition coefficient (Wildman–Crippen LogP) is 1.98. The van der Waals surface area contributed by atoms with E-state index in [1.807, 2.05) is 12.1 Å². The Hall–Kier alpha value is -2.22. The van der Waals surface area contributed by atoms with Gasteiger partial charge in [0.1, 0.15) is 0 Å². The second-order valence-corrected chi connectivity index (χ2v) is 4.25. The molecule has 2 rings (SSSR count). The fourth-order valence-corrected chi connectivity index (χ4v) is 1.99. The number of aryl methyl sites for hydroxylation is 1. The van der Waals surface area contributed by atoms with E-state index in [0.29, 0.717) is 24.5 Å². The van der Waals surface area contributed by atoms with E-state index in [4.69, 9.17) is 19.5 Å². The zero-order valence-corrected chi connectivity index (χ0v) is 10.8. The zero-order valence-electron chi connectivity index (χ0n) is 10.8. The summed E-state index contributed by atoms with van der Waals surface area (Å²) in [5, 5.41) is 8.85. The molecule has 100 valence electrons. The highest BCUT2D eigenvalue weighted by molar-refractivity contribution is 5.65. The van der Waals surface area contributed by atoms with Crippen LogP contribution < -0.4 is 9.47 Å². The lowest BCUT2D eigenvalue weighted by atomic mass is 10.00. The maximum Gasteiger partial charge on any atom is 0.302 e. The van der Waals surface area contributed by atoms with Gasteiger partial charge in [-0.1, -0.05) is 0 Å². The number of nitriles is 1. The Balaban J connectivity index is 2.05. The molecule has 0 radical (unpaired) electrons. The van der Waals surface area contributed by atoms with Gasteiger partial charge in [-0.05, 0) is 36.1 Å².